The number of hydrogen-bond acceptors (Lipinski definition) is 9. The summed E-state index contributed by atoms with van der Waals surface area (Å²) in [5.74, 6) is 1.54. The zero-order chi connectivity index (χ0) is 18.5. The van der Waals surface area contributed by atoms with Gasteiger partial charge in [0, 0.05) is 29.1 Å². The normalized spacial score (nSPS) is 10.7. The van der Waals surface area contributed by atoms with Crippen LogP contribution in [0.5, 0.6) is 5.75 Å². The lowest BCUT2D eigenvalue weighted by Crippen LogP contribution is -1.90. The Morgan fingerprint density at radius 2 is 2.11 bits per heavy atom. The number of anilines is 2. The van der Waals surface area contributed by atoms with Crippen LogP contribution in [0.25, 0.3) is 10.7 Å². The van der Waals surface area contributed by atoms with Crippen molar-refractivity contribution in [2.45, 2.75) is 10.1 Å². The van der Waals surface area contributed by atoms with Crippen molar-refractivity contribution < 1.29 is 4.74 Å². The molecule has 3 aromatic heterocycles. The summed E-state index contributed by atoms with van der Waals surface area (Å²) in [5.41, 5.74) is 2.84. The summed E-state index contributed by atoms with van der Waals surface area (Å²) in [7, 11) is 1.65. The number of nitrogens with zero attached hydrogens (tertiary/aromatic N) is 4. The van der Waals surface area contributed by atoms with Crippen LogP contribution in [0.4, 0.5) is 10.8 Å². The lowest BCUT2D eigenvalue weighted by molar-refractivity contribution is 0.415. The third kappa shape index (κ3) is 4.62. The molecule has 27 heavy (non-hydrogen) atoms. The van der Waals surface area contributed by atoms with E-state index in [2.05, 4.69) is 30.9 Å². The number of aromatic nitrogens is 4. The number of thioether (sulfide) groups is 1. The maximum atomic E-state index is 5.23. The molecular weight excluding hydrogens is 398 g/mol. The van der Waals surface area contributed by atoms with Crippen molar-refractivity contribution in [3.63, 3.8) is 0 Å². The molecule has 0 aliphatic heterocycles. The van der Waals surface area contributed by atoms with E-state index in [0.717, 1.165) is 43.1 Å². The van der Waals surface area contributed by atoms with Crippen molar-refractivity contribution in [1.29, 1.82) is 0 Å². The van der Waals surface area contributed by atoms with Gasteiger partial charge in [-0.2, -0.15) is 0 Å². The Kier molecular flexibility index (Phi) is 5.61. The number of pyridine rings is 1. The van der Waals surface area contributed by atoms with E-state index in [1.165, 1.54) is 11.3 Å². The second-order valence-corrected chi connectivity index (χ2v) is 8.44. The number of ether oxygens (including phenoxy) is 1. The first-order chi connectivity index (χ1) is 13.3. The molecule has 0 aliphatic rings. The molecule has 136 valence electrons. The summed E-state index contributed by atoms with van der Waals surface area (Å²) in [6, 6.07) is 13.6. The number of nitrogens with one attached hydrogen (secondary N) is 1. The maximum Gasteiger partial charge on any atom is 0.210 e. The van der Waals surface area contributed by atoms with Crippen molar-refractivity contribution >= 4 is 45.3 Å². The summed E-state index contributed by atoms with van der Waals surface area (Å²) in [6.45, 7) is 0. The minimum Gasteiger partial charge on any atom is -0.497 e. The van der Waals surface area contributed by atoms with E-state index >= 15 is 0 Å². The highest BCUT2D eigenvalue weighted by atomic mass is 32.2. The minimum atomic E-state index is 0.747. The van der Waals surface area contributed by atoms with Gasteiger partial charge in [0.05, 0.1) is 18.5 Å². The second kappa shape index (κ2) is 8.47. The number of hydrogen-bond donors (Lipinski definition) is 1. The summed E-state index contributed by atoms with van der Waals surface area (Å²) in [5, 5.41) is 15.4. The zero-order valence-corrected chi connectivity index (χ0v) is 16.8. The first kappa shape index (κ1) is 17.9. The molecule has 0 fully saturated rings. The van der Waals surface area contributed by atoms with Crippen molar-refractivity contribution in [3.05, 3.63) is 59.7 Å². The lowest BCUT2D eigenvalue weighted by atomic mass is 10.3. The molecule has 0 unspecified atom stereocenters. The summed E-state index contributed by atoms with van der Waals surface area (Å²) < 4.78 is 6.13. The van der Waals surface area contributed by atoms with Gasteiger partial charge in [-0.05, 0) is 24.3 Å². The average molecular weight is 414 g/mol. The summed E-state index contributed by atoms with van der Waals surface area (Å²) >= 11 is 4.75. The lowest BCUT2D eigenvalue weighted by Gasteiger charge is -2.04. The largest absolute Gasteiger partial charge is 0.497 e. The molecule has 0 spiro atoms. The molecule has 0 bridgehead atoms. The Balaban J connectivity index is 1.36. The Bertz CT molecular complexity index is 1020. The average Bonchev–Trinajstić information content (AvgIpc) is 3.37. The molecule has 1 N–H and O–H groups in total. The van der Waals surface area contributed by atoms with Crippen molar-refractivity contribution in [2.24, 2.45) is 0 Å². The van der Waals surface area contributed by atoms with Gasteiger partial charge >= 0.3 is 0 Å². The second-order valence-electron chi connectivity index (χ2n) is 5.38. The molecule has 4 aromatic rings. The quantitative estimate of drug-likeness (QED) is 0.423. The molecule has 0 radical (unpaired) electrons. The predicted octanol–water partition coefficient (Wildman–Crippen LogP) is 5.10. The van der Waals surface area contributed by atoms with E-state index in [9.17, 15) is 0 Å². The van der Waals surface area contributed by atoms with Crippen molar-refractivity contribution in [2.75, 3.05) is 12.4 Å². The van der Waals surface area contributed by atoms with Crippen molar-refractivity contribution in [1.82, 2.24) is 20.2 Å². The van der Waals surface area contributed by atoms with Crippen LogP contribution < -0.4 is 10.1 Å². The Morgan fingerprint density at radius 1 is 1.15 bits per heavy atom. The number of benzene rings is 1. The van der Waals surface area contributed by atoms with Crippen LogP contribution in [-0.2, 0) is 5.75 Å². The van der Waals surface area contributed by atoms with Crippen LogP contribution in [-0.4, -0.2) is 27.3 Å². The Morgan fingerprint density at radius 3 is 2.96 bits per heavy atom. The molecule has 0 aliphatic carbocycles. The Hall–Kier alpha value is -2.49. The van der Waals surface area contributed by atoms with E-state index in [1.807, 2.05) is 42.5 Å². The third-order valence-electron chi connectivity index (χ3n) is 3.51. The van der Waals surface area contributed by atoms with Crippen LogP contribution in [0, 0.1) is 0 Å². The van der Waals surface area contributed by atoms with Gasteiger partial charge in [-0.25, -0.2) is 4.98 Å². The highest BCUT2D eigenvalue weighted by Gasteiger charge is 2.09. The molecule has 0 saturated carbocycles. The van der Waals surface area contributed by atoms with Gasteiger partial charge in [-0.1, -0.05) is 35.2 Å². The summed E-state index contributed by atoms with van der Waals surface area (Å²) in [6.07, 6.45) is 1.78. The summed E-state index contributed by atoms with van der Waals surface area (Å²) in [4.78, 5) is 8.99. The van der Waals surface area contributed by atoms with E-state index in [-0.39, 0.29) is 0 Å². The first-order valence-corrected chi connectivity index (χ1v) is 10.7. The minimum absolute atomic E-state index is 0.747. The number of methoxy groups -OCH3 is 1. The van der Waals surface area contributed by atoms with Gasteiger partial charge in [0.25, 0.3) is 0 Å². The van der Waals surface area contributed by atoms with Crippen LogP contribution in [0.1, 0.15) is 5.69 Å². The topological polar surface area (TPSA) is 72.8 Å². The smallest absolute Gasteiger partial charge is 0.210 e. The molecule has 0 saturated heterocycles. The molecule has 0 atom stereocenters. The Labute approximate surface area is 168 Å². The number of rotatable bonds is 7. The molecule has 3 heterocycles. The van der Waals surface area contributed by atoms with Crippen LogP contribution >= 0.6 is 34.4 Å². The van der Waals surface area contributed by atoms with E-state index in [4.69, 9.17) is 4.74 Å². The fourth-order valence-corrected chi connectivity index (χ4v) is 4.82. The van der Waals surface area contributed by atoms with E-state index in [0.29, 0.717) is 0 Å². The molecule has 1 aromatic carbocycles. The van der Waals surface area contributed by atoms with Gasteiger partial charge in [0.15, 0.2) is 4.34 Å². The van der Waals surface area contributed by atoms with Gasteiger partial charge in [-0.3, -0.25) is 4.98 Å². The van der Waals surface area contributed by atoms with Crippen LogP contribution in [0.2, 0.25) is 0 Å². The van der Waals surface area contributed by atoms with Crippen molar-refractivity contribution in [3.8, 4) is 16.5 Å². The van der Waals surface area contributed by atoms with Crippen LogP contribution in [0.3, 0.4) is 0 Å². The fraction of sp³-hybridized carbons (Fsp3) is 0.111. The highest BCUT2D eigenvalue weighted by Crippen LogP contribution is 2.31. The molecule has 6 nitrogen and oxygen atoms in total. The van der Waals surface area contributed by atoms with E-state index in [1.54, 1.807) is 36.4 Å². The molecule has 0 amide bonds. The standard InChI is InChI=1S/C18H15N5OS3/c1-24-14-6-4-5-12(9-14)21-17-22-23-18(27-17)26-11-13-10-25-16(20-13)15-7-2-3-8-19-15/h2-10H,11H2,1H3,(H,21,22). The molecular formula is C18H15N5OS3. The SMILES string of the molecule is COc1cccc(Nc2nnc(SCc3csc(-c4ccccn4)n3)s2)c1. The molecule has 4 rings (SSSR count). The van der Waals surface area contributed by atoms with Crippen LogP contribution in [0.15, 0.2) is 58.4 Å². The van der Waals surface area contributed by atoms with Gasteiger partial charge in [0.2, 0.25) is 5.13 Å². The zero-order valence-electron chi connectivity index (χ0n) is 14.3. The monoisotopic (exact) mass is 413 g/mol. The molecule has 9 heteroatoms. The van der Waals surface area contributed by atoms with E-state index < -0.39 is 0 Å². The third-order valence-corrected chi connectivity index (χ3v) is 6.43. The maximum absolute atomic E-state index is 5.23. The predicted molar refractivity (Wildman–Crippen MR) is 111 cm³/mol. The highest BCUT2D eigenvalue weighted by molar-refractivity contribution is 8.00. The van der Waals surface area contributed by atoms with Gasteiger partial charge in [0.1, 0.15) is 10.8 Å². The number of thiazole rings is 1. The van der Waals surface area contributed by atoms with Gasteiger partial charge < -0.3 is 10.1 Å². The fourth-order valence-electron chi connectivity index (χ4n) is 2.26. The first-order valence-electron chi connectivity index (χ1n) is 8.03. The van der Waals surface area contributed by atoms with Gasteiger partial charge in [-0.15, -0.1) is 21.5 Å².